The van der Waals surface area contributed by atoms with Crippen molar-refractivity contribution in [3.63, 3.8) is 0 Å². The summed E-state index contributed by atoms with van der Waals surface area (Å²) in [6.07, 6.45) is 0. The molecule has 0 bridgehead atoms. The Labute approximate surface area is 118 Å². The van der Waals surface area contributed by atoms with Crippen LogP contribution in [0.1, 0.15) is 41.5 Å². The largest absolute Gasteiger partial charge is 0.309 e. The number of nitrogens with zero attached hydrogens (tertiary/aromatic N) is 1. The molecule has 5 heteroatoms. The van der Waals surface area contributed by atoms with Crippen molar-refractivity contribution in [1.82, 2.24) is 10.2 Å². The topological polar surface area (TPSA) is 49.4 Å². The van der Waals surface area contributed by atoms with E-state index in [9.17, 15) is 8.42 Å². The molecule has 1 atom stereocenters. The molecule has 1 saturated heterocycles. The van der Waals surface area contributed by atoms with Crippen LogP contribution < -0.4 is 5.32 Å². The second-order valence-corrected chi connectivity index (χ2v) is 9.83. The van der Waals surface area contributed by atoms with E-state index in [1.807, 2.05) is 0 Å². The molecule has 0 amide bonds. The Hall–Kier alpha value is -0.130. The third kappa shape index (κ3) is 5.04. The smallest absolute Gasteiger partial charge is 0.151 e. The van der Waals surface area contributed by atoms with Gasteiger partial charge in [0.2, 0.25) is 0 Å². The maximum absolute atomic E-state index is 11.7. The molecule has 0 radical (unpaired) electrons. The van der Waals surface area contributed by atoms with Crippen LogP contribution in [0, 0.1) is 5.41 Å². The zero-order chi connectivity index (χ0) is 14.9. The maximum Gasteiger partial charge on any atom is 0.151 e. The average Bonchev–Trinajstić information content (AvgIpc) is 2.23. The summed E-state index contributed by atoms with van der Waals surface area (Å²) < 4.78 is 23.4. The lowest BCUT2D eigenvalue weighted by atomic mass is 9.82. The van der Waals surface area contributed by atoms with Gasteiger partial charge in [-0.1, -0.05) is 27.7 Å². The van der Waals surface area contributed by atoms with Crippen LogP contribution in [0.15, 0.2) is 0 Å². The van der Waals surface area contributed by atoms with Gasteiger partial charge in [0.1, 0.15) is 0 Å². The fourth-order valence-electron chi connectivity index (χ4n) is 2.67. The van der Waals surface area contributed by atoms with E-state index in [1.54, 1.807) is 6.92 Å². The van der Waals surface area contributed by atoms with Gasteiger partial charge in [-0.3, -0.25) is 4.90 Å². The highest BCUT2D eigenvalue weighted by Gasteiger charge is 2.38. The van der Waals surface area contributed by atoms with E-state index >= 15 is 0 Å². The van der Waals surface area contributed by atoms with Gasteiger partial charge in [-0.05, 0) is 19.3 Å². The molecule has 1 fully saturated rings. The summed E-state index contributed by atoms with van der Waals surface area (Å²) in [7, 11) is -2.89. The number of nitrogens with one attached hydrogen (secondary N) is 1. The van der Waals surface area contributed by atoms with Crippen LogP contribution in [0.4, 0.5) is 0 Å². The molecule has 4 nitrogen and oxygen atoms in total. The predicted octanol–water partition coefficient (Wildman–Crippen LogP) is 1.52. The molecule has 0 saturated carbocycles. The van der Waals surface area contributed by atoms with E-state index in [0.29, 0.717) is 12.6 Å². The summed E-state index contributed by atoms with van der Waals surface area (Å²) in [5.74, 6) is 0.509. The highest BCUT2D eigenvalue weighted by Crippen LogP contribution is 2.28. The Kier molecular flexibility index (Phi) is 5.08. The van der Waals surface area contributed by atoms with E-state index in [4.69, 9.17) is 0 Å². The highest BCUT2D eigenvalue weighted by molar-refractivity contribution is 7.91. The minimum atomic E-state index is -2.89. The number of hydrogen-bond donors (Lipinski definition) is 1. The summed E-state index contributed by atoms with van der Waals surface area (Å²) in [4.78, 5) is 2.35. The van der Waals surface area contributed by atoms with Gasteiger partial charge < -0.3 is 5.32 Å². The second-order valence-electron chi connectivity index (χ2n) is 7.35. The number of hydrogen-bond acceptors (Lipinski definition) is 4. The lowest BCUT2D eigenvalue weighted by molar-refractivity contribution is 0.0381. The molecule has 0 aromatic carbocycles. The molecule has 1 N–H and O–H groups in total. The van der Waals surface area contributed by atoms with Crippen molar-refractivity contribution >= 4 is 9.84 Å². The number of sulfone groups is 1. The molecule has 1 unspecified atom stereocenters. The van der Waals surface area contributed by atoms with Crippen molar-refractivity contribution in [3.05, 3.63) is 0 Å². The standard InChI is InChI=1S/C14H30N2O2S/c1-7-19(17,18)9-8-16-11-14(5,6)15-10-12(16)13(2,3)4/h12,15H,7-11H2,1-6H3. The van der Waals surface area contributed by atoms with Gasteiger partial charge in [0.05, 0.1) is 5.75 Å². The van der Waals surface area contributed by atoms with Gasteiger partial charge in [-0.2, -0.15) is 0 Å². The monoisotopic (exact) mass is 290 g/mol. The molecule has 0 spiro atoms. The normalized spacial score (nSPS) is 25.5. The molecule has 114 valence electrons. The fraction of sp³-hybridized carbons (Fsp3) is 1.00. The first-order valence-corrected chi connectivity index (χ1v) is 8.98. The van der Waals surface area contributed by atoms with Crippen LogP contribution >= 0.6 is 0 Å². The number of piperazine rings is 1. The zero-order valence-corrected chi connectivity index (χ0v) is 14.1. The SMILES string of the molecule is CCS(=O)(=O)CCN1CC(C)(C)NCC1C(C)(C)C. The van der Waals surface area contributed by atoms with Crippen molar-refractivity contribution in [3.8, 4) is 0 Å². The molecular weight excluding hydrogens is 260 g/mol. The first-order chi connectivity index (χ1) is 8.47. The van der Waals surface area contributed by atoms with E-state index in [0.717, 1.165) is 13.1 Å². The Bertz CT molecular complexity index is 396. The van der Waals surface area contributed by atoms with Crippen molar-refractivity contribution in [1.29, 1.82) is 0 Å². The van der Waals surface area contributed by atoms with Crippen molar-refractivity contribution < 1.29 is 8.42 Å². The van der Waals surface area contributed by atoms with Crippen LogP contribution in [0.3, 0.4) is 0 Å². The van der Waals surface area contributed by atoms with Crippen LogP contribution in [0.25, 0.3) is 0 Å². The van der Waals surface area contributed by atoms with Gasteiger partial charge in [-0.15, -0.1) is 0 Å². The molecule has 1 aliphatic heterocycles. The minimum absolute atomic E-state index is 0.0533. The van der Waals surface area contributed by atoms with Gasteiger partial charge in [-0.25, -0.2) is 8.42 Å². The molecule has 1 heterocycles. The van der Waals surface area contributed by atoms with Gasteiger partial charge in [0.25, 0.3) is 0 Å². The summed E-state index contributed by atoms with van der Waals surface area (Å²) in [5, 5.41) is 3.56. The van der Waals surface area contributed by atoms with Gasteiger partial charge in [0.15, 0.2) is 9.84 Å². The number of rotatable bonds is 4. The van der Waals surface area contributed by atoms with Crippen LogP contribution in [0.2, 0.25) is 0 Å². The van der Waals surface area contributed by atoms with Gasteiger partial charge >= 0.3 is 0 Å². The molecule has 1 aliphatic rings. The summed E-state index contributed by atoms with van der Waals surface area (Å²) in [5.41, 5.74) is 0.206. The van der Waals surface area contributed by atoms with E-state index in [1.165, 1.54) is 0 Å². The fourth-order valence-corrected chi connectivity index (χ4v) is 3.47. The van der Waals surface area contributed by atoms with Crippen LogP contribution in [0.5, 0.6) is 0 Å². The Morgan fingerprint density at radius 2 is 1.89 bits per heavy atom. The molecule has 19 heavy (non-hydrogen) atoms. The Morgan fingerprint density at radius 1 is 1.32 bits per heavy atom. The van der Waals surface area contributed by atoms with E-state index in [-0.39, 0.29) is 22.5 Å². The molecule has 0 aromatic heterocycles. The predicted molar refractivity (Wildman–Crippen MR) is 81.2 cm³/mol. The molecule has 0 aliphatic carbocycles. The summed E-state index contributed by atoms with van der Waals surface area (Å²) in [6, 6.07) is 0.382. The van der Waals surface area contributed by atoms with Crippen molar-refractivity contribution in [2.24, 2.45) is 5.41 Å². The van der Waals surface area contributed by atoms with Crippen LogP contribution in [-0.4, -0.2) is 56.0 Å². The zero-order valence-electron chi connectivity index (χ0n) is 13.3. The van der Waals surface area contributed by atoms with Crippen molar-refractivity contribution in [2.45, 2.75) is 53.1 Å². The van der Waals surface area contributed by atoms with Crippen LogP contribution in [-0.2, 0) is 9.84 Å². The average molecular weight is 290 g/mol. The third-order valence-electron chi connectivity index (χ3n) is 3.94. The lowest BCUT2D eigenvalue weighted by Crippen LogP contribution is -2.65. The molecule has 1 rings (SSSR count). The lowest BCUT2D eigenvalue weighted by Gasteiger charge is -2.49. The Balaban J connectivity index is 2.78. The second kappa shape index (κ2) is 5.70. The summed E-state index contributed by atoms with van der Waals surface area (Å²) >= 11 is 0. The van der Waals surface area contributed by atoms with Crippen molar-refractivity contribution in [2.75, 3.05) is 31.1 Å². The molecular formula is C14H30N2O2S. The first-order valence-electron chi connectivity index (χ1n) is 7.16. The van der Waals surface area contributed by atoms with Gasteiger partial charge in [0, 0.05) is 37.0 Å². The maximum atomic E-state index is 11.7. The quantitative estimate of drug-likeness (QED) is 0.853. The summed E-state index contributed by atoms with van der Waals surface area (Å²) in [6.45, 7) is 15.2. The van der Waals surface area contributed by atoms with E-state index < -0.39 is 9.84 Å². The molecule has 0 aromatic rings. The Morgan fingerprint density at radius 3 is 2.37 bits per heavy atom. The third-order valence-corrected chi connectivity index (χ3v) is 5.63. The van der Waals surface area contributed by atoms with E-state index in [2.05, 4.69) is 44.8 Å². The minimum Gasteiger partial charge on any atom is -0.309 e. The highest BCUT2D eigenvalue weighted by atomic mass is 32.2. The first kappa shape index (κ1) is 16.9.